The van der Waals surface area contributed by atoms with E-state index >= 15 is 0 Å². The van der Waals surface area contributed by atoms with Crippen molar-refractivity contribution < 1.29 is 28.3 Å². The van der Waals surface area contributed by atoms with Crippen LogP contribution in [0.5, 0.6) is 5.75 Å². The molecule has 0 unspecified atom stereocenters. The normalized spacial score (nSPS) is 22.0. The molecular weight excluding hydrogens is 569 g/mol. The van der Waals surface area contributed by atoms with E-state index in [-0.39, 0.29) is 18.1 Å². The Morgan fingerprint density at radius 2 is 1.82 bits per heavy atom. The lowest BCUT2D eigenvalue weighted by Crippen LogP contribution is -2.41. The van der Waals surface area contributed by atoms with Gasteiger partial charge in [-0.15, -0.1) is 0 Å². The quantitative estimate of drug-likeness (QED) is 0.263. The summed E-state index contributed by atoms with van der Waals surface area (Å²) < 4.78 is 30.2. The molecule has 4 aromatic rings. The van der Waals surface area contributed by atoms with E-state index in [9.17, 15) is 4.79 Å². The van der Waals surface area contributed by atoms with Crippen molar-refractivity contribution in [2.45, 2.75) is 84.3 Å². The number of likely N-dealkylation sites (tertiary alicyclic amines) is 1. The third kappa shape index (κ3) is 5.26. The van der Waals surface area contributed by atoms with Crippen molar-refractivity contribution in [2.24, 2.45) is 5.92 Å². The zero-order chi connectivity index (χ0) is 31.9. The summed E-state index contributed by atoms with van der Waals surface area (Å²) in [5, 5.41) is 2.10. The number of hydrogen-bond donors (Lipinski definition) is 1. The minimum atomic E-state index is -0.587. The summed E-state index contributed by atoms with van der Waals surface area (Å²) in [5.41, 5.74) is 4.69. The number of hydrogen-bond acceptors (Lipinski definition) is 7. The van der Waals surface area contributed by atoms with Crippen LogP contribution in [0.3, 0.4) is 0 Å². The van der Waals surface area contributed by atoms with Crippen LogP contribution in [0, 0.1) is 5.92 Å². The number of carbonyl (C=O) groups excluding carboxylic acids is 1. The largest absolute Gasteiger partial charge is 0.494 e. The SMILES string of the molecule is COC[C@H]1C[C@@H](c2nc3ccc4cc5c(cc4c3[nH]2)OCc2cc(B3OC(C)(C)C(C)(C)O3)ccc2-5)N(C(=O)OC(C)(C)C)C1. The molecule has 4 heterocycles. The Morgan fingerprint density at radius 1 is 1.07 bits per heavy atom. The molecule has 3 aliphatic heterocycles. The van der Waals surface area contributed by atoms with Crippen LogP contribution in [0.2, 0.25) is 0 Å². The first-order valence-corrected chi connectivity index (χ1v) is 15.8. The number of ether oxygens (including phenoxy) is 3. The zero-order valence-corrected chi connectivity index (χ0v) is 27.4. The van der Waals surface area contributed by atoms with Crippen molar-refractivity contribution in [1.82, 2.24) is 14.9 Å². The molecule has 0 saturated carbocycles. The Labute approximate surface area is 264 Å². The Balaban J connectivity index is 1.22. The van der Waals surface area contributed by atoms with E-state index in [0.29, 0.717) is 19.8 Å². The summed E-state index contributed by atoms with van der Waals surface area (Å²) in [5.74, 6) is 1.78. The molecule has 0 bridgehead atoms. The van der Waals surface area contributed by atoms with Gasteiger partial charge in [0, 0.05) is 30.5 Å². The highest BCUT2D eigenvalue weighted by molar-refractivity contribution is 6.62. The Kier molecular flexibility index (Phi) is 7.00. The number of nitrogens with one attached hydrogen (secondary N) is 1. The van der Waals surface area contributed by atoms with E-state index in [4.69, 9.17) is 28.5 Å². The third-order valence-corrected chi connectivity index (χ3v) is 9.65. The monoisotopic (exact) mass is 611 g/mol. The van der Waals surface area contributed by atoms with Gasteiger partial charge in [0.2, 0.25) is 0 Å². The fourth-order valence-electron chi connectivity index (χ4n) is 6.68. The van der Waals surface area contributed by atoms with E-state index in [1.54, 1.807) is 12.0 Å². The molecule has 3 aliphatic rings. The number of nitrogens with zero attached hydrogens (tertiary/aromatic N) is 2. The lowest BCUT2D eigenvalue weighted by Gasteiger charge is -2.32. The van der Waals surface area contributed by atoms with Crippen molar-refractivity contribution >= 4 is 40.5 Å². The van der Waals surface area contributed by atoms with E-state index in [0.717, 1.165) is 62.0 Å². The highest BCUT2D eigenvalue weighted by Crippen LogP contribution is 2.43. The number of imidazole rings is 1. The maximum absolute atomic E-state index is 13.2. The number of aromatic nitrogens is 2. The summed E-state index contributed by atoms with van der Waals surface area (Å²) in [7, 11) is 1.27. The molecule has 1 N–H and O–H groups in total. The number of amides is 1. The van der Waals surface area contributed by atoms with Crippen molar-refractivity contribution in [2.75, 3.05) is 20.3 Å². The molecule has 2 fully saturated rings. The third-order valence-electron chi connectivity index (χ3n) is 9.65. The number of fused-ring (bicyclic) bond motifs is 6. The minimum Gasteiger partial charge on any atom is -0.488 e. The smallest absolute Gasteiger partial charge is 0.488 e. The fraction of sp³-hybridized carbons (Fsp3) is 0.486. The second-order valence-electron chi connectivity index (χ2n) is 14.7. The molecule has 2 atom stereocenters. The van der Waals surface area contributed by atoms with Crippen LogP contribution in [0.1, 0.15) is 72.3 Å². The van der Waals surface area contributed by atoms with E-state index < -0.39 is 23.9 Å². The molecule has 2 saturated heterocycles. The lowest BCUT2D eigenvalue weighted by atomic mass is 9.77. The standard InChI is InChI=1S/C35H42BN3O6/c1-33(2,3)43-32(40)39-17-20(18-41-8)13-28(39)31-37-27-12-9-21-15-26-24-11-10-23(36-44-34(4,5)35(6,7)45-36)14-22(24)19-42-29(26)16-25(21)30(27)38-31/h9-12,14-16,20,28H,13,17-19H2,1-8H3,(H,37,38)/t20-,28-/m0/s1. The molecule has 1 aromatic heterocycles. The van der Waals surface area contributed by atoms with E-state index in [1.165, 1.54) is 0 Å². The van der Waals surface area contributed by atoms with Gasteiger partial charge in [-0.25, -0.2) is 9.78 Å². The predicted molar refractivity (Wildman–Crippen MR) is 175 cm³/mol. The molecule has 7 rings (SSSR count). The van der Waals surface area contributed by atoms with Crippen LogP contribution in [-0.2, 0) is 25.4 Å². The summed E-state index contributed by atoms with van der Waals surface area (Å²) in [6.45, 7) is 15.5. The van der Waals surface area contributed by atoms with Gasteiger partial charge < -0.3 is 28.5 Å². The van der Waals surface area contributed by atoms with Crippen LogP contribution in [-0.4, -0.2) is 65.1 Å². The van der Waals surface area contributed by atoms with E-state index in [2.05, 4.69) is 69.1 Å². The summed E-state index contributed by atoms with van der Waals surface area (Å²) in [6.07, 6.45) is 0.410. The summed E-state index contributed by atoms with van der Waals surface area (Å²) in [6, 6.07) is 14.6. The van der Waals surface area contributed by atoms with Crippen LogP contribution >= 0.6 is 0 Å². The summed E-state index contributed by atoms with van der Waals surface area (Å²) in [4.78, 5) is 23.6. The molecule has 0 aliphatic carbocycles. The Morgan fingerprint density at radius 3 is 2.53 bits per heavy atom. The van der Waals surface area contributed by atoms with Crippen molar-refractivity contribution in [3.63, 3.8) is 0 Å². The topological polar surface area (TPSA) is 95.1 Å². The van der Waals surface area contributed by atoms with Gasteiger partial charge in [-0.1, -0.05) is 24.3 Å². The molecule has 1 amide bonds. The molecule has 0 spiro atoms. The number of H-pyrrole nitrogens is 1. The average Bonchev–Trinajstić information content (AvgIpc) is 3.64. The zero-order valence-electron chi connectivity index (χ0n) is 27.4. The highest BCUT2D eigenvalue weighted by atomic mass is 16.7. The molecule has 236 valence electrons. The molecule has 9 nitrogen and oxygen atoms in total. The first-order chi connectivity index (χ1) is 21.2. The second kappa shape index (κ2) is 10.5. The number of carbonyl (C=O) groups is 1. The van der Waals surface area contributed by atoms with Gasteiger partial charge in [-0.2, -0.15) is 0 Å². The van der Waals surface area contributed by atoms with E-state index in [1.807, 2.05) is 26.8 Å². The van der Waals surface area contributed by atoms with Crippen molar-refractivity contribution in [3.05, 3.63) is 53.9 Å². The molecule has 10 heteroatoms. The highest BCUT2D eigenvalue weighted by Gasteiger charge is 2.51. The van der Waals surface area contributed by atoms with Gasteiger partial charge in [0.1, 0.15) is 23.8 Å². The fourth-order valence-corrected chi connectivity index (χ4v) is 6.68. The number of benzene rings is 3. The van der Waals surface area contributed by atoms with Gasteiger partial charge in [0.15, 0.2) is 0 Å². The maximum Gasteiger partial charge on any atom is 0.494 e. The molecular formula is C35H42BN3O6. The maximum atomic E-state index is 13.2. The second-order valence-corrected chi connectivity index (χ2v) is 14.7. The molecule has 45 heavy (non-hydrogen) atoms. The van der Waals surface area contributed by atoms with Gasteiger partial charge in [0.05, 0.1) is 34.9 Å². The lowest BCUT2D eigenvalue weighted by molar-refractivity contribution is 0.00578. The van der Waals surface area contributed by atoms with Crippen LogP contribution in [0.15, 0.2) is 42.5 Å². The predicted octanol–water partition coefficient (Wildman–Crippen LogP) is 6.52. The van der Waals surface area contributed by atoms with Crippen LogP contribution in [0.4, 0.5) is 4.79 Å². The minimum absolute atomic E-state index is 0.197. The Bertz CT molecular complexity index is 1790. The number of rotatable bonds is 4. The number of aromatic amines is 1. The first kappa shape index (κ1) is 30.1. The van der Waals surface area contributed by atoms with Gasteiger partial charge in [-0.3, -0.25) is 4.90 Å². The number of methoxy groups -OCH3 is 1. The van der Waals surface area contributed by atoms with Crippen LogP contribution in [0.25, 0.3) is 32.9 Å². The van der Waals surface area contributed by atoms with Crippen LogP contribution < -0.4 is 10.2 Å². The van der Waals surface area contributed by atoms with Gasteiger partial charge in [-0.05, 0) is 95.1 Å². The Hall–Kier alpha value is -3.60. The van der Waals surface area contributed by atoms with Crippen molar-refractivity contribution in [1.29, 1.82) is 0 Å². The average molecular weight is 612 g/mol. The van der Waals surface area contributed by atoms with Gasteiger partial charge in [0.25, 0.3) is 0 Å². The van der Waals surface area contributed by atoms with Crippen molar-refractivity contribution in [3.8, 4) is 16.9 Å². The summed E-state index contributed by atoms with van der Waals surface area (Å²) >= 11 is 0. The van der Waals surface area contributed by atoms with Gasteiger partial charge >= 0.3 is 13.2 Å². The molecule has 0 radical (unpaired) electrons. The first-order valence-electron chi connectivity index (χ1n) is 15.8. The molecule has 3 aromatic carbocycles.